The molecule has 8 heteroatoms. The normalized spacial score (nSPS) is 18.7. The van der Waals surface area contributed by atoms with Crippen LogP contribution in [0.4, 0.5) is 0 Å². The summed E-state index contributed by atoms with van der Waals surface area (Å²) in [6, 6.07) is 12.0. The Kier molecular flexibility index (Phi) is 5.47. The van der Waals surface area contributed by atoms with Gasteiger partial charge in [0.1, 0.15) is 0 Å². The van der Waals surface area contributed by atoms with E-state index >= 15 is 0 Å². The molecular formula is C21H24N2O5S. The number of amides is 1. The van der Waals surface area contributed by atoms with Gasteiger partial charge in [-0.1, -0.05) is 23.8 Å². The summed E-state index contributed by atoms with van der Waals surface area (Å²) in [6.45, 7) is 3.47. The molecule has 0 radical (unpaired) electrons. The number of carbonyl (C=O) groups is 1. The number of fused-ring (bicyclic) bond motifs is 1. The molecule has 4 rings (SSSR count). The van der Waals surface area contributed by atoms with Crippen molar-refractivity contribution in [2.24, 2.45) is 5.92 Å². The lowest BCUT2D eigenvalue weighted by Crippen LogP contribution is -2.43. The maximum absolute atomic E-state index is 13.0. The molecule has 1 fully saturated rings. The number of hydrogen-bond donors (Lipinski definition) is 1. The minimum absolute atomic E-state index is 0.0573. The zero-order valence-electron chi connectivity index (χ0n) is 16.3. The van der Waals surface area contributed by atoms with E-state index in [0.717, 1.165) is 18.4 Å². The van der Waals surface area contributed by atoms with Gasteiger partial charge in [0.15, 0.2) is 11.5 Å². The monoisotopic (exact) mass is 416 g/mol. The largest absolute Gasteiger partial charge is 0.454 e. The molecule has 0 saturated carbocycles. The van der Waals surface area contributed by atoms with Crippen molar-refractivity contribution in [2.45, 2.75) is 24.7 Å². The summed E-state index contributed by atoms with van der Waals surface area (Å²) >= 11 is 0. The SMILES string of the molecule is Cc1ccc(S(=O)(=O)NCC2CCCN(C(=O)c3cccc4c3OCO4)C2)cc1. The van der Waals surface area contributed by atoms with Crippen molar-refractivity contribution in [2.75, 3.05) is 26.4 Å². The van der Waals surface area contributed by atoms with E-state index in [0.29, 0.717) is 36.7 Å². The minimum atomic E-state index is -3.56. The van der Waals surface area contributed by atoms with E-state index in [2.05, 4.69) is 4.72 Å². The highest BCUT2D eigenvalue weighted by molar-refractivity contribution is 7.89. The quantitative estimate of drug-likeness (QED) is 0.810. The Bertz CT molecular complexity index is 1000. The Labute approximate surface area is 170 Å². The predicted molar refractivity (Wildman–Crippen MR) is 108 cm³/mol. The number of para-hydroxylation sites is 1. The summed E-state index contributed by atoms with van der Waals surface area (Å²) in [5, 5.41) is 0. The van der Waals surface area contributed by atoms with Crippen LogP contribution in [0.25, 0.3) is 0 Å². The summed E-state index contributed by atoms with van der Waals surface area (Å²) in [5.41, 5.74) is 1.49. The van der Waals surface area contributed by atoms with Crippen molar-refractivity contribution >= 4 is 15.9 Å². The van der Waals surface area contributed by atoms with Crippen molar-refractivity contribution in [3.05, 3.63) is 53.6 Å². The van der Waals surface area contributed by atoms with E-state index in [-0.39, 0.29) is 23.5 Å². The first-order valence-electron chi connectivity index (χ1n) is 9.68. The topological polar surface area (TPSA) is 84.9 Å². The lowest BCUT2D eigenvalue weighted by molar-refractivity contribution is 0.0672. The van der Waals surface area contributed by atoms with Crippen LogP contribution in [0, 0.1) is 12.8 Å². The van der Waals surface area contributed by atoms with E-state index in [1.165, 1.54) is 0 Å². The Balaban J connectivity index is 1.40. The summed E-state index contributed by atoms with van der Waals surface area (Å²) in [6.07, 6.45) is 1.70. The van der Waals surface area contributed by atoms with Crippen molar-refractivity contribution in [1.29, 1.82) is 0 Å². The Morgan fingerprint density at radius 2 is 1.97 bits per heavy atom. The van der Waals surface area contributed by atoms with Gasteiger partial charge in [-0.15, -0.1) is 0 Å². The molecule has 7 nitrogen and oxygen atoms in total. The second kappa shape index (κ2) is 8.04. The predicted octanol–water partition coefficient (Wildman–Crippen LogP) is 2.55. The van der Waals surface area contributed by atoms with Gasteiger partial charge in [0, 0.05) is 19.6 Å². The Hall–Kier alpha value is -2.58. The Morgan fingerprint density at radius 1 is 1.17 bits per heavy atom. The van der Waals surface area contributed by atoms with Crippen LogP contribution in [0.15, 0.2) is 47.4 Å². The molecule has 0 spiro atoms. The van der Waals surface area contributed by atoms with Crippen LogP contribution in [0.5, 0.6) is 11.5 Å². The highest BCUT2D eigenvalue weighted by atomic mass is 32.2. The van der Waals surface area contributed by atoms with Crippen LogP contribution in [-0.2, 0) is 10.0 Å². The minimum Gasteiger partial charge on any atom is -0.454 e. The molecule has 1 N–H and O–H groups in total. The molecule has 2 aromatic rings. The number of carbonyl (C=O) groups excluding carboxylic acids is 1. The van der Waals surface area contributed by atoms with Gasteiger partial charge in [-0.05, 0) is 49.9 Å². The van der Waals surface area contributed by atoms with Gasteiger partial charge in [-0.2, -0.15) is 0 Å². The molecule has 1 atom stereocenters. The first kappa shape index (κ1) is 19.7. The van der Waals surface area contributed by atoms with Crippen LogP contribution in [0.2, 0.25) is 0 Å². The molecule has 2 heterocycles. The molecule has 1 saturated heterocycles. The summed E-state index contributed by atoms with van der Waals surface area (Å²) in [7, 11) is -3.56. The maximum Gasteiger partial charge on any atom is 0.257 e. The Morgan fingerprint density at radius 3 is 2.76 bits per heavy atom. The van der Waals surface area contributed by atoms with Crippen LogP contribution in [0.3, 0.4) is 0 Å². The van der Waals surface area contributed by atoms with E-state index in [9.17, 15) is 13.2 Å². The highest BCUT2D eigenvalue weighted by Gasteiger charge is 2.29. The molecule has 0 aliphatic carbocycles. The first-order valence-corrected chi connectivity index (χ1v) is 11.2. The number of nitrogens with one attached hydrogen (secondary N) is 1. The molecule has 0 bridgehead atoms. The highest BCUT2D eigenvalue weighted by Crippen LogP contribution is 2.36. The zero-order chi connectivity index (χ0) is 20.4. The number of benzene rings is 2. The van der Waals surface area contributed by atoms with Gasteiger partial charge in [0.05, 0.1) is 10.5 Å². The number of nitrogens with zero attached hydrogens (tertiary/aromatic N) is 1. The van der Waals surface area contributed by atoms with E-state index in [4.69, 9.17) is 9.47 Å². The molecule has 154 valence electrons. The van der Waals surface area contributed by atoms with Crippen molar-refractivity contribution < 1.29 is 22.7 Å². The molecular weight excluding hydrogens is 392 g/mol. The third-order valence-corrected chi connectivity index (χ3v) is 6.77. The van der Waals surface area contributed by atoms with E-state index < -0.39 is 10.0 Å². The first-order chi connectivity index (χ1) is 13.9. The number of piperidine rings is 1. The standard InChI is InChI=1S/C21H24N2O5S/c1-15-7-9-17(10-8-15)29(25,26)22-12-16-4-3-11-23(13-16)21(24)18-5-2-6-19-20(18)28-14-27-19/h2,5-10,16,22H,3-4,11-14H2,1H3. The van der Waals surface area contributed by atoms with Gasteiger partial charge in [-0.25, -0.2) is 13.1 Å². The van der Waals surface area contributed by atoms with Crippen molar-refractivity contribution in [3.63, 3.8) is 0 Å². The third-order valence-electron chi connectivity index (χ3n) is 5.33. The fourth-order valence-electron chi connectivity index (χ4n) is 3.71. The lowest BCUT2D eigenvalue weighted by Gasteiger charge is -2.33. The van der Waals surface area contributed by atoms with E-state index in [1.54, 1.807) is 47.4 Å². The molecule has 2 aromatic carbocycles. The number of ether oxygens (including phenoxy) is 2. The zero-order valence-corrected chi connectivity index (χ0v) is 17.1. The fourth-order valence-corrected chi connectivity index (χ4v) is 4.83. The molecule has 2 aliphatic rings. The third kappa shape index (κ3) is 4.23. The van der Waals surface area contributed by atoms with Gasteiger partial charge in [0.2, 0.25) is 16.8 Å². The molecule has 1 amide bonds. The average Bonchev–Trinajstić information content (AvgIpc) is 3.21. The second-order valence-electron chi connectivity index (χ2n) is 7.46. The van der Waals surface area contributed by atoms with Crippen molar-refractivity contribution in [3.8, 4) is 11.5 Å². The average molecular weight is 416 g/mol. The number of hydrogen-bond acceptors (Lipinski definition) is 5. The summed E-state index contributed by atoms with van der Waals surface area (Å²) in [5.74, 6) is 1.01. The number of likely N-dealkylation sites (tertiary alicyclic amines) is 1. The van der Waals surface area contributed by atoms with Crippen LogP contribution >= 0.6 is 0 Å². The molecule has 0 aromatic heterocycles. The fraction of sp³-hybridized carbons (Fsp3) is 0.381. The van der Waals surface area contributed by atoms with Gasteiger partial charge in [0.25, 0.3) is 5.91 Å². The van der Waals surface area contributed by atoms with Gasteiger partial charge < -0.3 is 14.4 Å². The van der Waals surface area contributed by atoms with E-state index in [1.807, 2.05) is 6.92 Å². The summed E-state index contributed by atoms with van der Waals surface area (Å²) in [4.78, 5) is 15.0. The second-order valence-corrected chi connectivity index (χ2v) is 9.23. The van der Waals surface area contributed by atoms with Crippen LogP contribution in [0.1, 0.15) is 28.8 Å². The van der Waals surface area contributed by atoms with Gasteiger partial charge in [-0.3, -0.25) is 4.79 Å². The molecule has 1 unspecified atom stereocenters. The summed E-state index contributed by atoms with van der Waals surface area (Å²) < 4.78 is 38.6. The smallest absolute Gasteiger partial charge is 0.257 e. The lowest BCUT2D eigenvalue weighted by atomic mass is 9.97. The van der Waals surface area contributed by atoms with Crippen LogP contribution in [-0.4, -0.2) is 45.7 Å². The number of rotatable bonds is 5. The molecule has 29 heavy (non-hydrogen) atoms. The van der Waals surface area contributed by atoms with Crippen LogP contribution < -0.4 is 14.2 Å². The molecule has 2 aliphatic heterocycles. The van der Waals surface area contributed by atoms with Gasteiger partial charge >= 0.3 is 0 Å². The maximum atomic E-state index is 13.0. The van der Waals surface area contributed by atoms with Crippen molar-refractivity contribution in [1.82, 2.24) is 9.62 Å². The number of aryl methyl sites for hydroxylation is 1. The number of sulfonamides is 1.